The monoisotopic (exact) mass is 194 g/mol. The van der Waals surface area contributed by atoms with Crippen LogP contribution in [0.3, 0.4) is 0 Å². The van der Waals surface area contributed by atoms with Crippen molar-refractivity contribution in [1.29, 1.82) is 0 Å². The molecule has 0 amide bonds. The fourth-order valence-electron chi connectivity index (χ4n) is 1.49. The van der Waals surface area contributed by atoms with Gasteiger partial charge in [-0.05, 0) is 42.4 Å². The van der Waals surface area contributed by atoms with Crippen LogP contribution in [0.1, 0.15) is 22.3 Å². The Hall–Kier alpha value is -0.960. The van der Waals surface area contributed by atoms with Crippen molar-refractivity contribution >= 4 is 17.7 Å². The number of benzene rings is 1. The second-order valence-corrected chi connectivity index (χ2v) is 4.22. The van der Waals surface area contributed by atoms with E-state index in [0.29, 0.717) is 5.56 Å². The maximum Gasteiger partial charge on any atom is 0.335 e. The Balaban J connectivity index is 2.40. The Kier molecular flexibility index (Phi) is 2.27. The summed E-state index contributed by atoms with van der Waals surface area (Å²) in [6.07, 6.45) is 2.17. The van der Waals surface area contributed by atoms with Gasteiger partial charge in [0, 0.05) is 4.90 Å². The lowest BCUT2D eigenvalue weighted by Crippen LogP contribution is -2.02. The van der Waals surface area contributed by atoms with Crippen molar-refractivity contribution in [3.8, 4) is 0 Å². The van der Waals surface area contributed by atoms with Crippen LogP contribution in [0, 0.1) is 0 Å². The molecule has 0 saturated carbocycles. The zero-order valence-electron chi connectivity index (χ0n) is 7.12. The molecule has 0 saturated heterocycles. The summed E-state index contributed by atoms with van der Waals surface area (Å²) in [6, 6.07) is 5.39. The number of carboxylic acid groups (broad SMARTS) is 1. The summed E-state index contributed by atoms with van der Waals surface area (Å²) >= 11 is 1.82. The number of aryl methyl sites for hydroxylation is 1. The van der Waals surface area contributed by atoms with Gasteiger partial charge in [0.2, 0.25) is 0 Å². The third kappa shape index (κ3) is 1.70. The van der Waals surface area contributed by atoms with Gasteiger partial charge in [-0.1, -0.05) is 0 Å². The summed E-state index contributed by atoms with van der Waals surface area (Å²) in [7, 11) is 0. The summed E-state index contributed by atoms with van der Waals surface area (Å²) in [5.41, 5.74) is 1.59. The van der Waals surface area contributed by atoms with Gasteiger partial charge in [0.25, 0.3) is 0 Å². The highest BCUT2D eigenvalue weighted by molar-refractivity contribution is 7.99. The van der Waals surface area contributed by atoms with Crippen LogP contribution in [0.2, 0.25) is 0 Å². The summed E-state index contributed by atoms with van der Waals surface area (Å²) < 4.78 is 0. The average Bonchev–Trinajstić information content (AvgIpc) is 2.17. The molecule has 68 valence electrons. The number of aromatic carboxylic acids is 1. The highest BCUT2D eigenvalue weighted by Gasteiger charge is 2.11. The summed E-state index contributed by atoms with van der Waals surface area (Å²) in [5.74, 6) is 0.317. The molecular formula is C10H10O2S. The largest absolute Gasteiger partial charge is 0.478 e. The molecule has 1 N–H and O–H groups in total. The van der Waals surface area contributed by atoms with E-state index in [1.54, 1.807) is 12.1 Å². The van der Waals surface area contributed by atoms with Gasteiger partial charge in [-0.15, -0.1) is 11.8 Å². The summed E-state index contributed by atoms with van der Waals surface area (Å²) in [6.45, 7) is 0. The number of rotatable bonds is 1. The Morgan fingerprint density at radius 1 is 1.46 bits per heavy atom. The molecule has 0 fully saturated rings. The minimum atomic E-state index is -0.835. The second kappa shape index (κ2) is 3.42. The first kappa shape index (κ1) is 8.63. The lowest BCUT2D eigenvalue weighted by molar-refractivity contribution is 0.0696. The number of hydrogen-bond donors (Lipinski definition) is 1. The van der Waals surface area contributed by atoms with Gasteiger partial charge in [0.15, 0.2) is 0 Å². The number of carboxylic acids is 1. The zero-order chi connectivity index (χ0) is 9.26. The molecule has 1 aliphatic heterocycles. The van der Waals surface area contributed by atoms with E-state index in [1.807, 2.05) is 17.8 Å². The molecule has 1 heterocycles. The highest BCUT2D eigenvalue weighted by atomic mass is 32.2. The fraction of sp³-hybridized carbons (Fsp3) is 0.300. The summed E-state index contributed by atoms with van der Waals surface area (Å²) in [5, 5.41) is 8.78. The second-order valence-electron chi connectivity index (χ2n) is 3.08. The molecule has 0 bridgehead atoms. The lowest BCUT2D eigenvalue weighted by Gasteiger charge is -2.14. The van der Waals surface area contributed by atoms with Crippen LogP contribution in [0.25, 0.3) is 0 Å². The number of hydrogen-bond acceptors (Lipinski definition) is 2. The van der Waals surface area contributed by atoms with Gasteiger partial charge in [-0.2, -0.15) is 0 Å². The maximum atomic E-state index is 10.7. The summed E-state index contributed by atoms with van der Waals surface area (Å²) in [4.78, 5) is 11.9. The number of carbonyl (C=O) groups is 1. The Bertz CT molecular complexity index is 347. The minimum absolute atomic E-state index is 0.404. The first-order valence-corrected chi connectivity index (χ1v) is 5.25. The number of thioether (sulfide) groups is 1. The third-order valence-corrected chi connectivity index (χ3v) is 3.36. The van der Waals surface area contributed by atoms with Crippen molar-refractivity contribution in [2.24, 2.45) is 0 Å². The molecule has 0 aromatic heterocycles. The van der Waals surface area contributed by atoms with E-state index < -0.39 is 5.97 Å². The quantitative estimate of drug-likeness (QED) is 0.746. The van der Waals surface area contributed by atoms with Gasteiger partial charge in [0.1, 0.15) is 0 Å². The third-order valence-electron chi connectivity index (χ3n) is 2.16. The molecule has 2 rings (SSSR count). The van der Waals surface area contributed by atoms with Crippen molar-refractivity contribution < 1.29 is 9.90 Å². The molecule has 2 nitrogen and oxygen atoms in total. The minimum Gasteiger partial charge on any atom is -0.478 e. The normalized spacial score (nSPS) is 15.1. The van der Waals surface area contributed by atoms with E-state index in [4.69, 9.17) is 5.11 Å². The molecule has 3 heteroatoms. The van der Waals surface area contributed by atoms with Crippen molar-refractivity contribution in [3.63, 3.8) is 0 Å². The van der Waals surface area contributed by atoms with Crippen molar-refractivity contribution in [2.45, 2.75) is 17.7 Å². The van der Waals surface area contributed by atoms with Crippen LogP contribution in [-0.2, 0) is 6.42 Å². The van der Waals surface area contributed by atoms with Gasteiger partial charge < -0.3 is 5.11 Å². The van der Waals surface area contributed by atoms with Crippen molar-refractivity contribution in [2.75, 3.05) is 5.75 Å². The standard InChI is InChI=1S/C10H10O2S/c11-10(12)8-3-4-9-7(6-8)2-1-5-13-9/h3-4,6H,1-2,5H2,(H,11,12). The molecule has 1 aliphatic rings. The maximum absolute atomic E-state index is 10.7. The average molecular weight is 194 g/mol. The first-order valence-electron chi connectivity index (χ1n) is 4.26. The van der Waals surface area contributed by atoms with E-state index in [9.17, 15) is 4.79 Å². The molecule has 0 spiro atoms. The zero-order valence-corrected chi connectivity index (χ0v) is 7.93. The van der Waals surface area contributed by atoms with Gasteiger partial charge in [-0.25, -0.2) is 4.79 Å². The van der Waals surface area contributed by atoms with Crippen LogP contribution in [0.4, 0.5) is 0 Å². The van der Waals surface area contributed by atoms with E-state index in [1.165, 1.54) is 10.5 Å². The topological polar surface area (TPSA) is 37.3 Å². The molecule has 0 aliphatic carbocycles. The molecule has 13 heavy (non-hydrogen) atoms. The Morgan fingerprint density at radius 3 is 3.08 bits per heavy atom. The number of fused-ring (bicyclic) bond motifs is 1. The highest BCUT2D eigenvalue weighted by Crippen LogP contribution is 2.30. The smallest absolute Gasteiger partial charge is 0.335 e. The van der Waals surface area contributed by atoms with Crippen molar-refractivity contribution in [3.05, 3.63) is 29.3 Å². The molecule has 1 aromatic rings. The Labute approximate surface area is 81.0 Å². The van der Waals surface area contributed by atoms with Crippen LogP contribution in [-0.4, -0.2) is 16.8 Å². The molecule has 0 unspecified atom stereocenters. The van der Waals surface area contributed by atoms with E-state index in [0.717, 1.165) is 18.6 Å². The predicted molar refractivity (Wildman–Crippen MR) is 52.4 cm³/mol. The molecular weight excluding hydrogens is 184 g/mol. The Morgan fingerprint density at radius 2 is 2.31 bits per heavy atom. The fourth-order valence-corrected chi connectivity index (χ4v) is 2.51. The lowest BCUT2D eigenvalue weighted by atomic mass is 10.1. The van der Waals surface area contributed by atoms with Gasteiger partial charge >= 0.3 is 5.97 Å². The van der Waals surface area contributed by atoms with Gasteiger partial charge in [-0.3, -0.25) is 0 Å². The van der Waals surface area contributed by atoms with Crippen LogP contribution in [0.15, 0.2) is 23.1 Å². The van der Waals surface area contributed by atoms with Crippen LogP contribution in [0.5, 0.6) is 0 Å². The molecule has 0 radical (unpaired) electrons. The van der Waals surface area contributed by atoms with Gasteiger partial charge in [0.05, 0.1) is 5.56 Å². The predicted octanol–water partition coefficient (Wildman–Crippen LogP) is 2.42. The molecule has 1 aromatic carbocycles. The van der Waals surface area contributed by atoms with Crippen molar-refractivity contribution in [1.82, 2.24) is 0 Å². The van der Waals surface area contributed by atoms with Crippen LogP contribution >= 0.6 is 11.8 Å². The van der Waals surface area contributed by atoms with E-state index in [2.05, 4.69) is 0 Å². The van der Waals surface area contributed by atoms with Crippen LogP contribution < -0.4 is 0 Å². The molecule has 0 atom stereocenters. The van der Waals surface area contributed by atoms with E-state index in [-0.39, 0.29) is 0 Å². The van der Waals surface area contributed by atoms with E-state index >= 15 is 0 Å². The SMILES string of the molecule is O=C(O)c1ccc2c(c1)CCCS2. The first-order chi connectivity index (χ1) is 6.27.